The SMILES string of the molecule is C=CCN1C(=O)/C(=C/c2ccc3c(c2)CC2(C(=O)N(C)C(=O)N(C)C2=O)[C@H]2CCCN32)C(=O)NC1=S. The molecule has 1 aromatic carbocycles. The van der Waals surface area contributed by atoms with E-state index in [1.807, 2.05) is 6.07 Å². The van der Waals surface area contributed by atoms with Gasteiger partial charge in [0, 0.05) is 32.9 Å². The number of barbiturate groups is 1. The van der Waals surface area contributed by atoms with Crippen LogP contribution in [0.15, 0.2) is 36.4 Å². The lowest BCUT2D eigenvalue weighted by Crippen LogP contribution is -2.70. The fourth-order valence-electron chi connectivity index (χ4n) is 5.78. The first kappa shape index (κ1) is 23.9. The molecule has 3 saturated heterocycles. The number of nitrogens with zero attached hydrogens (tertiary/aromatic N) is 4. The summed E-state index contributed by atoms with van der Waals surface area (Å²) in [5, 5.41) is 2.54. The van der Waals surface area contributed by atoms with Crippen molar-refractivity contribution in [1.82, 2.24) is 20.0 Å². The number of benzene rings is 1. The normalized spacial score (nSPS) is 24.5. The van der Waals surface area contributed by atoms with Gasteiger partial charge in [0.05, 0.1) is 6.04 Å². The van der Waals surface area contributed by atoms with Gasteiger partial charge < -0.3 is 4.90 Å². The second-order valence-corrected chi connectivity index (χ2v) is 9.81. The van der Waals surface area contributed by atoms with Crippen LogP contribution in [-0.4, -0.2) is 82.7 Å². The number of imide groups is 2. The molecule has 11 heteroatoms. The topological polar surface area (TPSA) is 110 Å². The fourth-order valence-corrected chi connectivity index (χ4v) is 6.03. The van der Waals surface area contributed by atoms with Gasteiger partial charge in [-0.3, -0.25) is 39.2 Å². The van der Waals surface area contributed by atoms with Gasteiger partial charge in [-0.05, 0) is 60.8 Å². The third-order valence-corrected chi connectivity index (χ3v) is 7.78. The average molecular weight is 508 g/mol. The van der Waals surface area contributed by atoms with Gasteiger partial charge in [0.25, 0.3) is 11.8 Å². The summed E-state index contributed by atoms with van der Waals surface area (Å²) in [4.78, 5) is 70.4. The highest BCUT2D eigenvalue weighted by Gasteiger charge is 2.63. The van der Waals surface area contributed by atoms with Gasteiger partial charge in [-0.25, -0.2) is 4.79 Å². The van der Waals surface area contributed by atoms with Crippen LogP contribution in [-0.2, 0) is 25.6 Å². The molecule has 3 fully saturated rings. The molecule has 0 radical (unpaired) electrons. The van der Waals surface area contributed by atoms with Crippen LogP contribution in [0.25, 0.3) is 6.08 Å². The molecule has 186 valence electrons. The molecule has 0 saturated carbocycles. The quantitative estimate of drug-likeness (QED) is 0.214. The number of rotatable bonds is 3. The van der Waals surface area contributed by atoms with Crippen LogP contribution in [0, 0.1) is 5.41 Å². The van der Waals surface area contributed by atoms with Crippen LogP contribution in [0.3, 0.4) is 0 Å². The Hall–Kier alpha value is -3.86. The van der Waals surface area contributed by atoms with Crippen molar-refractivity contribution >= 4 is 58.8 Å². The highest BCUT2D eigenvalue weighted by Crippen LogP contribution is 2.49. The Morgan fingerprint density at radius 2 is 1.83 bits per heavy atom. The van der Waals surface area contributed by atoms with Crippen LogP contribution in [0.4, 0.5) is 10.5 Å². The largest absolute Gasteiger partial charge is 0.367 e. The van der Waals surface area contributed by atoms with Gasteiger partial charge in [-0.2, -0.15) is 0 Å². The van der Waals surface area contributed by atoms with Crippen molar-refractivity contribution in [1.29, 1.82) is 0 Å². The first-order chi connectivity index (χ1) is 17.1. The van der Waals surface area contributed by atoms with Gasteiger partial charge in [0.2, 0.25) is 11.8 Å². The molecule has 36 heavy (non-hydrogen) atoms. The molecule has 10 nitrogen and oxygen atoms in total. The number of amides is 6. The average Bonchev–Trinajstić information content (AvgIpc) is 3.36. The van der Waals surface area contributed by atoms with E-state index in [-0.39, 0.29) is 29.7 Å². The van der Waals surface area contributed by atoms with Crippen molar-refractivity contribution in [2.45, 2.75) is 25.3 Å². The third kappa shape index (κ3) is 3.22. The lowest BCUT2D eigenvalue weighted by atomic mass is 9.68. The second kappa shape index (κ2) is 8.37. The number of fused-ring (bicyclic) bond motifs is 4. The Balaban J connectivity index is 1.58. The minimum absolute atomic E-state index is 0.0200. The molecule has 5 rings (SSSR count). The van der Waals surface area contributed by atoms with E-state index >= 15 is 0 Å². The van der Waals surface area contributed by atoms with E-state index < -0.39 is 35.1 Å². The first-order valence-electron chi connectivity index (χ1n) is 11.6. The summed E-state index contributed by atoms with van der Waals surface area (Å²) < 4.78 is 0. The molecule has 0 aromatic heterocycles. The van der Waals surface area contributed by atoms with Crippen LogP contribution >= 0.6 is 12.2 Å². The molecule has 0 aliphatic carbocycles. The van der Waals surface area contributed by atoms with Crippen molar-refractivity contribution in [2.24, 2.45) is 5.41 Å². The zero-order chi connectivity index (χ0) is 25.9. The molecule has 0 bridgehead atoms. The molecular weight excluding hydrogens is 482 g/mol. The molecule has 1 aromatic rings. The van der Waals surface area contributed by atoms with E-state index in [1.165, 1.54) is 31.1 Å². The van der Waals surface area contributed by atoms with E-state index in [0.29, 0.717) is 18.5 Å². The number of hydrogen-bond donors (Lipinski definition) is 1. The van der Waals surface area contributed by atoms with E-state index in [9.17, 15) is 24.0 Å². The maximum atomic E-state index is 13.5. The van der Waals surface area contributed by atoms with Crippen LogP contribution < -0.4 is 10.2 Å². The van der Waals surface area contributed by atoms with Gasteiger partial charge in [-0.15, -0.1) is 6.58 Å². The Labute approximate surface area is 213 Å². The predicted molar refractivity (Wildman–Crippen MR) is 135 cm³/mol. The van der Waals surface area contributed by atoms with E-state index in [0.717, 1.165) is 27.5 Å². The zero-order valence-electron chi connectivity index (χ0n) is 19.9. The highest BCUT2D eigenvalue weighted by molar-refractivity contribution is 7.80. The molecule has 1 spiro atoms. The Morgan fingerprint density at radius 3 is 2.50 bits per heavy atom. The van der Waals surface area contributed by atoms with Crippen molar-refractivity contribution in [3.8, 4) is 0 Å². The summed E-state index contributed by atoms with van der Waals surface area (Å²) >= 11 is 5.10. The van der Waals surface area contributed by atoms with Crippen LogP contribution in [0.2, 0.25) is 0 Å². The van der Waals surface area contributed by atoms with E-state index in [1.54, 1.807) is 12.1 Å². The van der Waals surface area contributed by atoms with Crippen molar-refractivity contribution in [3.63, 3.8) is 0 Å². The minimum atomic E-state index is -1.42. The van der Waals surface area contributed by atoms with Crippen molar-refractivity contribution in [3.05, 3.63) is 47.6 Å². The molecule has 1 atom stereocenters. The summed E-state index contributed by atoms with van der Waals surface area (Å²) in [6.45, 7) is 4.45. The Kier molecular flexibility index (Phi) is 5.55. The molecule has 0 unspecified atom stereocenters. The minimum Gasteiger partial charge on any atom is -0.367 e. The van der Waals surface area contributed by atoms with Crippen LogP contribution in [0.1, 0.15) is 24.0 Å². The molecular formula is C25H25N5O5S. The molecule has 4 heterocycles. The maximum Gasteiger partial charge on any atom is 0.332 e. The smallest absolute Gasteiger partial charge is 0.332 e. The van der Waals surface area contributed by atoms with Crippen molar-refractivity contribution in [2.75, 3.05) is 32.1 Å². The Morgan fingerprint density at radius 1 is 1.14 bits per heavy atom. The van der Waals surface area contributed by atoms with E-state index in [4.69, 9.17) is 12.2 Å². The van der Waals surface area contributed by atoms with Gasteiger partial charge in [-0.1, -0.05) is 12.1 Å². The lowest BCUT2D eigenvalue weighted by Gasteiger charge is -2.50. The first-order valence-corrected chi connectivity index (χ1v) is 12.0. The number of carbonyl (C=O) groups excluding carboxylic acids is 5. The molecule has 4 aliphatic heterocycles. The van der Waals surface area contributed by atoms with Gasteiger partial charge in [0.15, 0.2) is 10.5 Å². The van der Waals surface area contributed by atoms with E-state index in [2.05, 4.69) is 16.8 Å². The number of nitrogens with one attached hydrogen (secondary N) is 1. The number of thiocarbonyl (C=S) groups is 1. The number of carbonyl (C=O) groups is 5. The standard InChI is InChI=1S/C25H25N5O5S/c1-4-9-30-20(32)16(19(31)26-23(30)36)12-14-7-8-17-15(11-14)13-25(18-6-5-10-29(17)18)21(33)27(2)24(35)28(3)22(25)34/h4,7-8,11-12,18H,1,5-6,9-10,13H2,2-3H3,(H,26,31,36)/b16-12+/t18-/m1/s1. The second-order valence-electron chi connectivity index (χ2n) is 9.42. The number of hydrogen-bond acceptors (Lipinski definition) is 7. The third-order valence-electron chi connectivity index (χ3n) is 7.46. The monoisotopic (exact) mass is 507 g/mol. The van der Waals surface area contributed by atoms with Gasteiger partial charge in [0.1, 0.15) is 5.57 Å². The zero-order valence-corrected chi connectivity index (χ0v) is 20.8. The summed E-state index contributed by atoms with van der Waals surface area (Å²) in [6, 6.07) is 4.48. The lowest BCUT2D eigenvalue weighted by molar-refractivity contribution is -0.159. The fraction of sp³-hybridized carbons (Fsp3) is 0.360. The summed E-state index contributed by atoms with van der Waals surface area (Å²) in [6.07, 6.45) is 4.58. The van der Waals surface area contributed by atoms with Crippen molar-refractivity contribution < 1.29 is 24.0 Å². The van der Waals surface area contributed by atoms with Gasteiger partial charge >= 0.3 is 6.03 Å². The maximum absolute atomic E-state index is 13.5. The molecule has 1 N–H and O–H groups in total. The molecule has 4 aliphatic rings. The Bertz CT molecular complexity index is 1280. The number of anilines is 1. The molecule has 6 amide bonds. The predicted octanol–water partition coefficient (Wildman–Crippen LogP) is 1.06. The summed E-state index contributed by atoms with van der Waals surface area (Å²) in [7, 11) is 2.80. The van der Waals surface area contributed by atoms with Crippen LogP contribution in [0.5, 0.6) is 0 Å². The number of urea groups is 1. The summed E-state index contributed by atoms with van der Waals surface area (Å²) in [5.41, 5.74) is 0.715. The summed E-state index contributed by atoms with van der Waals surface area (Å²) in [5.74, 6) is -2.13. The highest BCUT2D eigenvalue weighted by atomic mass is 32.1.